The summed E-state index contributed by atoms with van der Waals surface area (Å²) in [5.41, 5.74) is 2.22. The molecule has 0 aliphatic carbocycles. The third-order valence-electron chi connectivity index (χ3n) is 4.50. The molecule has 2 heterocycles. The van der Waals surface area contributed by atoms with E-state index in [0.29, 0.717) is 28.2 Å². The van der Waals surface area contributed by atoms with Crippen LogP contribution in [-0.2, 0) is 6.54 Å². The second-order valence-corrected chi connectivity index (χ2v) is 7.27. The molecule has 0 aliphatic rings. The van der Waals surface area contributed by atoms with E-state index in [2.05, 4.69) is 9.97 Å². The molecule has 0 saturated heterocycles. The van der Waals surface area contributed by atoms with Crippen LogP contribution in [0, 0.1) is 0 Å². The van der Waals surface area contributed by atoms with Crippen LogP contribution in [-0.4, -0.2) is 26.1 Å². The molecular weight excluding hydrogens is 358 g/mol. The van der Waals surface area contributed by atoms with Crippen LogP contribution in [0.5, 0.6) is 0 Å². The topological polar surface area (TPSA) is 67.8 Å². The van der Waals surface area contributed by atoms with Crippen LogP contribution in [0.4, 0.5) is 0 Å². The van der Waals surface area contributed by atoms with Crippen LogP contribution in [0.25, 0.3) is 21.8 Å². The lowest BCUT2D eigenvalue weighted by Crippen LogP contribution is -2.23. The number of ketones is 1. The van der Waals surface area contributed by atoms with Gasteiger partial charge >= 0.3 is 0 Å². The lowest BCUT2D eigenvalue weighted by molar-refractivity contribution is 0.102. The predicted molar refractivity (Wildman–Crippen MR) is 110 cm³/mol. The Kier molecular flexibility index (Phi) is 4.81. The molecule has 1 N–H and O–H groups in total. The number of carbonyl (C=O) groups is 1. The minimum atomic E-state index is -0.0514. The number of rotatable bonds is 6. The largest absolute Gasteiger partial charge is 0.360 e. The summed E-state index contributed by atoms with van der Waals surface area (Å²) < 4.78 is 1.68. The van der Waals surface area contributed by atoms with Gasteiger partial charge < -0.3 is 4.98 Å². The van der Waals surface area contributed by atoms with Crippen LogP contribution in [0.2, 0.25) is 0 Å². The normalized spacial score (nSPS) is 11.3. The number of thioether (sulfide) groups is 1. The monoisotopic (exact) mass is 377 g/mol. The molecule has 2 aromatic heterocycles. The number of H-pyrrole nitrogens is 1. The first kappa shape index (κ1) is 17.5. The maximum absolute atomic E-state index is 12.8. The van der Waals surface area contributed by atoms with Gasteiger partial charge in [0, 0.05) is 29.2 Å². The summed E-state index contributed by atoms with van der Waals surface area (Å²) in [7, 11) is 0. The highest BCUT2D eigenvalue weighted by atomic mass is 32.2. The maximum Gasteiger partial charge on any atom is 0.262 e. The van der Waals surface area contributed by atoms with Gasteiger partial charge in [0.2, 0.25) is 0 Å². The van der Waals surface area contributed by atoms with Crippen molar-refractivity contribution in [2.45, 2.75) is 25.0 Å². The minimum Gasteiger partial charge on any atom is -0.360 e. The van der Waals surface area contributed by atoms with Crippen LogP contribution in [0.15, 0.2) is 64.7 Å². The average molecular weight is 377 g/mol. The maximum atomic E-state index is 12.8. The van der Waals surface area contributed by atoms with Gasteiger partial charge in [-0.2, -0.15) is 0 Å². The molecule has 2 aromatic carbocycles. The van der Waals surface area contributed by atoms with Crippen LogP contribution < -0.4 is 5.56 Å². The molecule has 0 unspecified atom stereocenters. The average Bonchev–Trinajstić information content (AvgIpc) is 3.13. The summed E-state index contributed by atoms with van der Waals surface area (Å²) in [4.78, 5) is 33.3. The number of aromatic amines is 1. The van der Waals surface area contributed by atoms with Gasteiger partial charge in [-0.1, -0.05) is 49.0 Å². The van der Waals surface area contributed by atoms with Crippen LogP contribution in [0.3, 0.4) is 0 Å². The van der Waals surface area contributed by atoms with Gasteiger partial charge in [-0.05, 0) is 24.6 Å². The molecule has 0 fully saturated rings. The van der Waals surface area contributed by atoms with E-state index in [0.717, 1.165) is 17.3 Å². The molecular formula is C21H19N3O2S. The number of para-hydroxylation sites is 2. The molecule has 0 atom stereocenters. The van der Waals surface area contributed by atoms with E-state index in [1.165, 1.54) is 11.8 Å². The van der Waals surface area contributed by atoms with Crippen LogP contribution in [0.1, 0.15) is 23.7 Å². The lowest BCUT2D eigenvalue weighted by atomic mass is 10.1. The van der Waals surface area contributed by atoms with Crippen molar-refractivity contribution in [1.29, 1.82) is 0 Å². The molecule has 0 amide bonds. The molecule has 0 saturated carbocycles. The predicted octanol–water partition coefficient (Wildman–Crippen LogP) is 4.26. The van der Waals surface area contributed by atoms with Gasteiger partial charge in [-0.25, -0.2) is 4.98 Å². The summed E-state index contributed by atoms with van der Waals surface area (Å²) in [5.74, 6) is 0.249. The Hall–Kier alpha value is -2.86. The zero-order valence-corrected chi connectivity index (χ0v) is 15.8. The molecule has 4 aromatic rings. The van der Waals surface area contributed by atoms with Crippen molar-refractivity contribution in [2.75, 3.05) is 5.75 Å². The van der Waals surface area contributed by atoms with Crippen molar-refractivity contribution in [3.05, 3.63) is 70.6 Å². The number of fused-ring (bicyclic) bond motifs is 2. The lowest BCUT2D eigenvalue weighted by Gasteiger charge is -2.11. The van der Waals surface area contributed by atoms with E-state index >= 15 is 0 Å². The summed E-state index contributed by atoms with van der Waals surface area (Å²) in [6.07, 6.45) is 2.57. The first-order valence-electron chi connectivity index (χ1n) is 8.90. The Morgan fingerprint density at radius 2 is 1.85 bits per heavy atom. The molecule has 0 bridgehead atoms. The van der Waals surface area contributed by atoms with Crippen molar-refractivity contribution in [2.24, 2.45) is 0 Å². The van der Waals surface area contributed by atoms with E-state index in [9.17, 15) is 9.59 Å². The van der Waals surface area contributed by atoms with E-state index in [1.807, 2.05) is 49.4 Å². The molecule has 0 spiro atoms. The number of carbonyl (C=O) groups excluding carboxylic acids is 1. The number of aromatic nitrogens is 3. The Morgan fingerprint density at radius 3 is 2.67 bits per heavy atom. The summed E-state index contributed by atoms with van der Waals surface area (Å²) in [6.45, 7) is 2.60. The first-order chi connectivity index (χ1) is 13.2. The first-order valence-corrected chi connectivity index (χ1v) is 9.89. The van der Waals surface area contributed by atoms with E-state index in [4.69, 9.17) is 0 Å². The van der Waals surface area contributed by atoms with Crippen molar-refractivity contribution in [3.8, 4) is 0 Å². The zero-order valence-electron chi connectivity index (χ0n) is 14.9. The number of hydrogen-bond acceptors (Lipinski definition) is 4. The number of nitrogens with zero attached hydrogens (tertiary/aromatic N) is 2. The molecule has 27 heavy (non-hydrogen) atoms. The molecule has 0 radical (unpaired) electrons. The number of nitrogens with one attached hydrogen (secondary N) is 1. The Labute approximate surface area is 160 Å². The summed E-state index contributed by atoms with van der Waals surface area (Å²) in [5, 5.41) is 2.12. The fourth-order valence-electron chi connectivity index (χ4n) is 3.19. The standard InChI is InChI=1S/C21H19N3O2S/c1-2-11-24-20(26)15-8-4-6-10-18(15)23-21(24)27-13-19(25)16-12-22-17-9-5-3-7-14(16)17/h3-10,12,22H,2,11,13H2,1H3. The quantitative estimate of drug-likeness (QED) is 0.310. The molecule has 5 nitrogen and oxygen atoms in total. The Morgan fingerprint density at radius 1 is 1.11 bits per heavy atom. The number of hydrogen-bond donors (Lipinski definition) is 1. The highest BCUT2D eigenvalue weighted by Gasteiger charge is 2.15. The van der Waals surface area contributed by atoms with Gasteiger partial charge in [-0.15, -0.1) is 0 Å². The van der Waals surface area contributed by atoms with Gasteiger partial charge in [0.1, 0.15) is 0 Å². The Balaban J connectivity index is 1.66. The number of Topliss-reactive ketones (excluding diaryl/α,β-unsaturated/α-hetero) is 1. The minimum absolute atomic E-state index is 0.0166. The van der Waals surface area contributed by atoms with E-state index < -0.39 is 0 Å². The highest BCUT2D eigenvalue weighted by Crippen LogP contribution is 2.23. The van der Waals surface area contributed by atoms with Gasteiger partial charge in [-0.3, -0.25) is 14.2 Å². The third kappa shape index (κ3) is 3.28. The molecule has 136 valence electrons. The van der Waals surface area contributed by atoms with Crippen LogP contribution >= 0.6 is 11.8 Å². The second-order valence-electron chi connectivity index (χ2n) is 6.33. The number of benzene rings is 2. The molecule has 6 heteroatoms. The van der Waals surface area contributed by atoms with Crippen molar-refractivity contribution in [1.82, 2.24) is 14.5 Å². The fraction of sp³-hybridized carbons (Fsp3) is 0.190. The smallest absolute Gasteiger partial charge is 0.262 e. The highest BCUT2D eigenvalue weighted by molar-refractivity contribution is 7.99. The van der Waals surface area contributed by atoms with Gasteiger partial charge in [0.25, 0.3) is 5.56 Å². The Bertz CT molecular complexity index is 1190. The summed E-state index contributed by atoms with van der Waals surface area (Å²) in [6, 6.07) is 15.1. The zero-order chi connectivity index (χ0) is 18.8. The molecule has 0 aliphatic heterocycles. The fourth-order valence-corrected chi connectivity index (χ4v) is 4.10. The molecule has 4 rings (SSSR count). The van der Waals surface area contributed by atoms with E-state index in [-0.39, 0.29) is 17.1 Å². The van der Waals surface area contributed by atoms with Gasteiger partial charge in [0.05, 0.1) is 16.7 Å². The van der Waals surface area contributed by atoms with E-state index in [1.54, 1.807) is 16.8 Å². The van der Waals surface area contributed by atoms with Gasteiger partial charge in [0.15, 0.2) is 10.9 Å². The second kappa shape index (κ2) is 7.40. The summed E-state index contributed by atoms with van der Waals surface area (Å²) >= 11 is 1.32. The van der Waals surface area contributed by atoms with Crippen molar-refractivity contribution >= 4 is 39.4 Å². The van der Waals surface area contributed by atoms with Crippen molar-refractivity contribution < 1.29 is 4.79 Å². The van der Waals surface area contributed by atoms with Crippen molar-refractivity contribution in [3.63, 3.8) is 0 Å². The SMILES string of the molecule is CCCn1c(SCC(=O)c2c[nH]c3ccccc23)nc2ccccc2c1=O. The third-order valence-corrected chi connectivity index (χ3v) is 5.47.